The molecule has 0 spiro atoms. The van der Waals surface area contributed by atoms with Crippen molar-refractivity contribution in [1.29, 1.82) is 0 Å². The predicted octanol–water partition coefficient (Wildman–Crippen LogP) is 3.35. The summed E-state index contributed by atoms with van der Waals surface area (Å²) in [5.41, 5.74) is 2.87. The van der Waals surface area contributed by atoms with E-state index in [1.807, 2.05) is 48.5 Å². The van der Waals surface area contributed by atoms with Crippen LogP contribution in [0.2, 0.25) is 5.02 Å². The summed E-state index contributed by atoms with van der Waals surface area (Å²) in [6.45, 7) is 0.640. The van der Waals surface area contributed by atoms with Gasteiger partial charge in [0.05, 0.1) is 0 Å². The molecular weight excluding hydrogens is 286 g/mol. The van der Waals surface area contributed by atoms with Crippen LogP contribution in [0.4, 0.5) is 5.69 Å². The number of benzene rings is 2. The van der Waals surface area contributed by atoms with Crippen molar-refractivity contribution in [3.63, 3.8) is 0 Å². The van der Waals surface area contributed by atoms with E-state index in [9.17, 15) is 9.90 Å². The molecule has 1 heterocycles. The van der Waals surface area contributed by atoms with Gasteiger partial charge in [0.25, 0.3) is 0 Å². The number of halogens is 1. The highest BCUT2D eigenvalue weighted by molar-refractivity contribution is 6.33. The molecule has 2 aromatic rings. The minimum Gasteiger partial charge on any atom is -0.396 e. The van der Waals surface area contributed by atoms with Crippen LogP contribution in [0.3, 0.4) is 0 Å². The van der Waals surface area contributed by atoms with E-state index < -0.39 is 0 Å². The molecule has 21 heavy (non-hydrogen) atoms. The summed E-state index contributed by atoms with van der Waals surface area (Å²) in [5.74, 6) is 0.111. The van der Waals surface area contributed by atoms with Gasteiger partial charge in [-0.25, -0.2) is 0 Å². The van der Waals surface area contributed by atoms with E-state index in [0.717, 1.165) is 16.8 Å². The number of hydrogen-bond donors (Lipinski definition) is 1. The first-order chi connectivity index (χ1) is 10.2. The number of carbonyl (C=O) groups excluding carboxylic acids is 1. The van der Waals surface area contributed by atoms with Crippen LogP contribution < -0.4 is 4.90 Å². The van der Waals surface area contributed by atoms with Crippen molar-refractivity contribution in [3.05, 3.63) is 53.6 Å². The van der Waals surface area contributed by atoms with Gasteiger partial charge in [0.15, 0.2) is 0 Å². The van der Waals surface area contributed by atoms with Crippen molar-refractivity contribution < 1.29 is 9.90 Å². The van der Waals surface area contributed by atoms with Gasteiger partial charge in [-0.05, 0) is 23.8 Å². The zero-order valence-electron chi connectivity index (χ0n) is 11.5. The largest absolute Gasteiger partial charge is 0.396 e. The van der Waals surface area contributed by atoms with Gasteiger partial charge in [-0.1, -0.05) is 41.9 Å². The molecule has 0 radical (unpaired) electrons. The van der Waals surface area contributed by atoms with Crippen LogP contribution in [-0.4, -0.2) is 24.2 Å². The first-order valence-electron chi connectivity index (χ1n) is 6.95. The fourth-order valence-electron chi connectivity index (χ4n) is 2.67. The maximum atomic E-state index is 11.9. The van der Waals surface area contributed by atoms with Crippen molar-refractivity contribution in [3.8, 4) is 11.1 Å². The normalized spacial score (nSPS) is 18.3. The maximum Gasteiger partial charge on any atom is 0.227 e. The number of nitrogens with zero attached hydrogens (tertiary/aromatic N) is 1. The van der Waals surface area contributed by atoms with Gasteiger partial charge >= 0.3 is 0 Å². The Morgan fingerprint density at radius 3 is 2.48 bits per heavy atom. The fourth-order valence-corrected chi connectivity index (χ4v) is 2.91. The molecule has 1 atom stereocenters. The molecule has 0 aliphatic carbocycles. The Labute approximate surface area is 128 Å². The molecule has 1 amide bonds. The third-order valence-electron chi connectivity index (χ3n) is 3.83. The number of hydrogen-bond acceptors (Lipinski definition) is 2. The second-order valence-electron chi connectivity index (χ2n) is 5.28. The summed E-state index contributed by atoms with van der Waals surface area (Å²) in [7, 11) is 0. The summed E-state index contributed by atoms with van der Waals surface area (Å²) < 4.78 is 0. The van der Waals surface area contributed by atoms with Crippen molar-refractivity contribution in [2.45, 2.75) is 6.42 Å². The molecule has 0 saturated carbocycles. The molecule has 108 valence electrons. The molecular formula is C17H16ClNO2. The van der Waals surface area contributed by atoms with Gasteiger partial charge in [0.2, 0.25) is 5.91 Å². The Bertz CT molecular complexity index is 654. The minimum atomic E-state index is 0.0424. The lowest BCUT2D eigenvalue weighted by Gasteiger charge is -2.17. The predicted molar refractivity (Wildman–Crippen MR) is 84.4 cm³/mol. The van der Waals surface area contributed by atoms with Crippen molar-refractivity contribution in [1.82, 2.24) is 0 Å². The molecule has 1 N–H and O–H groups in total. The summed E-state index contributed by atoms with van der Waals surface area (Å²) in [6.07, 6.45) is 0.419. The minimum absolute atomic E-state index is 0.0424. The lowest BCUT2D eigenvalue weighted by Crippen LogP contribution is -2.24. The van der Waals surface area contributed by atoms with Crippen LogP contribution in [0, 0.1) is 5.92 Å². The monoisotopic (exact) mass is 301 g/mol. The van der Waals surface area contributed by atoms with Gasteiger partial charge in [-0.3, -0.25) is 4.79 Å². The highest BCUT2D eigenvalue weighted by Gasteiger charge is 2.29. The average molecular weight is 302 g/mol. The molecule has 1 aliphatic rings. The van der Waals surface area contributed by atoms with Crippen LogP contribution in [0.25, 0.3) is 11.1 Å². The van der Waals surface area contributed by atoms with Crippen molar-refractivity contribution >= 4 is 23.2 Å². The number of amides is 1. The van der Waals surface area contributed by atoms with E-state index >= 15 is 0 Å². The topological polar surface area (TPSA) is 40.5 Å². The Kier molecular flexibility index (Phi) is 3.95. The average Bonchev–Trinajstić information content (AvgIpc) is 2.89. The molecule has 3 nitrogen and oxygen atoms in total. The highest BCUT2D eigenvalue weighted by atomic mass is 35.5. The first-order valence-corrected chi connectivity index (χ1v) is 7.33. The standard InChI is InChI=1S/C17H16ClNO2/c18-16-4-2-1-3-15(16)13-5-7-14(8-6-13)19-10-12(11-20)9-17(19)21/h1-8,12,20H,9-11H2. The number of aliphatic hydroxyl groups is 1. The van der Waals surface area contributed by atoms with E-state index in [-0.39, 0.29) is 18.4 Å². The van der Waals surface area contributed by atoms with Gasteiger partial charge in [-0.15, -0.1) is 0 Å². The van der Waals surface area contributed by atoms with Crippen LogP contribution in [-0.2, 0) is 4.79 Å². The zero-order chi connectivity index (χ0) is 14.8. The van der Waals surface area contributed by atoms with Crippen LogP contribution >= 0.6 is 11.6 Å². The van der Waals surface area contributed by atoms with Gasteiger partial charge in [-0.2, -0.15) is 0 Å². The smallest absolute Gasteiger partial charge is 0.227 e. The third-order valence-corrected chi connectivity index (χ3v) is 4.16. The molecule has 2 aromatic carbocycles. The maximum absolute atomic E-state index is 11.9. The molecule has 0 bridgehead atoms. The molecule has 1 saturated heterocycles. The quantitative estimate of drug-likeness (QED) is 0.944. The van der Waals surface area contributed by atoms with Gasteiger partial charge < -0.3 is 10.0 Å². The second kappa shape index (κ2) is 5.88. The number of carbonyl (C=O) groups is 1. The van der Waals surface area contributed by atoms with E-state index in [1.165, 1.54) is 0 Å². The Morgan fingerprint density at radius 2 is 1.86 bits per heavy atom. The second-order valence-corrected chi connectivity index (χ2v) is 5.69. The van der Waals surface area contributed by atoms with Gasteiger partial charge in [0.1, 0.15) is 0 Å². The number of anilines is 1. The summed E-state index contributed by atoms with van der Waals surface area (Å²) in [6, 6.07) is 15.5. The van der Waals surface area contributed by atoms with Crippen molar-refractivity contribution in [2.24, 2.45) is 5.92 Å². The van der Waals surface area contributed by atoms with E-state index in [2.05, 4.69) is 0 Å². The Hall–Kier alpha value is -1.84. The summed E-state index contributed by atoms with van der Waals surface area (Å²) in [4.78, 5) is 13.7. The van der Waals surface area contributed by atoms with Crippen LogP contribution in [0.1, 0.15) is 6.42 Å². The Balaban J connectivity index is 1.85. The van der Waals surface area contributed by atoms with Crippen molar-refractivity contribution in [2.75, 3.05) is 18.1 Å². The van der Waals surface area contributed by atoms with E-state index in [1.54, 1.807) is 4.90 Å². The summed E-state index contributed by atoms with van der Waals surface area (Å²) in [5, 5.41) is 9.89. The lowest BCUT2D eigenvalue weighted by atomic mass is 10.1. The van der Waals surface area contributed by atoms with E-state index in [0.29, 0.717) is 18.0 Å². The SMILES string of the molecule is O=C1CC(CO)CN1c1ccc(-c2ccccc2Cl)cc1. The molecule has 1 unspecified atom stereocenters. The summed E-state index contributed by atoms with van der Waals surface area (Å²) >= 11 is 6.19. The highest BCUT2D eigenvalue weighted by Crippen LogP contribution is 2.30. The molecule has 0 aromatic heterocycles. The van der Waals surface area contributed by atoms with Crippen LogP contribution in [0.5, 0.6) is 0 Å². The molecule has 4 heteroatoms. The first kappa shape index (κ1) is 14.1. The molecule has 3 rings (SSSR count). The van der Waals surface area contributed by atoms with Crippen LogP contribution in [0.15, 0.2) is 48.5 Å². The molecule has 1 fully saturated rings. The number of rotatable bonds is 3. The third kappa shape index (κ3) is 2.80. The fraction of sp³-hybridized carbons (Fsp3) is 0.235. The lowest BCUT2D eigenvalue weighted by molar-refractivity contribution is -0.117. The molecule has 1 aliphatic heterocycles. The Morgan fingerprint density at radius 1 is 1.14 bits per heavy atom. The van der Waals surface area contributed by atoms with E-state index in [4.69, 9.17) is 11.6 Å². The number of aliphatic hydroxyl groups excluding tert-OH is 1. The zero-order valence-corrected chi connectivity index (χ0v) is 12.3. The van der Waals surface area contributed by atoms with Gasteiger partial charge in [0, 0.05) is 41.8 Å².